The van der Waals surface area contributed by atoms with Crippen molar-refractivity contribution < 1.29 is 17.9 Å². The Morgan fingerprint density at radius 2 is 1.54 bits per heavy atom. The molecule has 2 aromatic carbocycles. The molecule has 0 saturated carbocycles. The Kier molecular flexibility index (Phi) is 8.63. The van der Waals surface area contributed by atoms with Crippen molar-refractivity contribution in [3.05, 3.63) is 58.1 Å². The van der Waals surface area contributed by atoms with Gasteiger partial charge in [-0.15, -0.1) is 0 Å². The normalized spacial score (nSPS) is 18.6. The molecule has 2 amide bonds. The highest BCUT2D eigenvalue weighted by Gasteiger charge is 2.31. The van der Waals surface area contributed by atoms with Gasteiger partial charge in [-0.25, -0.2) is 17.9 Å². The molecule has 0 unspecified atom stereocenters. The van der Waals surface area contributed by atoms with Crippen molar-refractivity contribution in [2.75, 3.05) is 26.2 Å². The number of carbonyl (C=O) groups is 1. The maximum Gasteiger partial charge on any atom is 0.331 e. The van der Waals surface area contributed by atoms with Gasteiger partial charge in [-0.1, -0.05) is 56.1 Å². The van der Waals surface area contributed by atoms with E-state index in [1.807, 2.05) is 6.07 Å². The van der Waals surface area contributed by atoms with Crippen LogP contribution in [-0.2, 0) is 15.4 Å². The average Bonchev–Trinajstić information content (AvgIpc) is 2.86. The van der Waals surface area contributed by atoms with E-state index in [-0.39, 0.29) is 16.4 Å². The zero-order valence-corrected chi connectivity index (χ0v) is 23.9. The molecular weight excluding hydrogens is 533 g/mol. The summed E-state index contributed by atoms with van der Waals surface area (Å²) in [5.41, 5.74) is 0.952. The summed E-state index contributed by atoms with van der Waals surface area (Å²) in [6.07, 6.45) is 3.57. The summed E-state index contributed by atoms with van der Waals surface area (Å²) in [7, 11) is -3.92. The predicted octanol–water partition coefficient (Wildman–Crippen LogP) is 5.70. The number of urea groups is 1. The fourth-order valence-electron chi connectivity index (χ4n) is 4.91. The molecule has 1 N–H and O–H groups in total. The Balaban J connectivity index is 1.23. The SMILES string of the molecule is CC(C)(C)c1ccc(S(=O)(=O)NC(=O)N2CCC(N3CCC(Oc4ccc(Cl)c(Cl)c4)CC3)CC2)cc1. The number of nitrogens with zero attached hydrogens (tertiary/aromatic N) is 2. The summed E-state index contributed by atoms with van der Waals surface area (Å²) in [6, 6.07) is 11.8. The number of benzene rings is 2. The van der Waals surface area contributed by atoms with Gasteiger partial charge in [0.05, 0.1) is 14.9 Å². The molecule has 2 aromatic rings. The van der Waals surface area contributed by atoms with Crippen LogP contribution in [0.15, 0.2) is 47.4 Å². The smallest absolute Gasteiger partial charge is 0.331 e. The molecule has 202 valence electrons. The van der Waals surface area contributed by atoms with Gasteiger partial charge < -0.3 is 9.64 Å². The van der Waals surface area contributed by atoms with Gasteiger partial charge in [-0.3, -0.25) is 4.90 Å². The number of rotatable bonds is 5. The minimum absolute atomic E-state index is 0.0802. The van der Waals surface area contributed by atoms with Gasteiger partial charge in [0.1, 0.15) is 11.9 Å². The molecule has 2 aliphatic rings. The average molecular weight is 569 g/mol. The molecule has 2 saturated heterocycles. The number of likely N-dealkylation sites (tertiary alicyclic amines) is 2. The number of carbonyl (C=O) groups excluding carboxylic acids is 1. The maximum absolute atomic E-state index is 12.8. The molecule has 0 aliphatic carbocycles. The lowest BCUT2D eigenvalue weighted by molar-refractivity contribution is 0.0540. The summed E-state index contributed by atoms with van der Waals surface area (Å²) in [6.45, 7) is 9.08. The highest BCUT2D eigenvalue weighted by molar-refractivity contribution is 7.90. The summed E-state index contributed by atoms with van der Waals surface area (Å²) in [5.74, 6) is 0.729. The van der Waals surface area contributed by atoms with E-state index in [9.17, 15) is 13.2 Å². The number of sulfonamides is 1. The molecule has 0 radical (unpaired) electrons. The largest absolute Gasteiger partial charge is 0.490 e. The van der Waals surface area contributed by atoms with Gasteiger partial charge in [0.2, 0.25) is 0 Å². The van der Waals surface area contributed by atoms with Crippen LogP contribution in [0.25, 0.3) is 0 Å². The van der Waals surface area contributed by atoms with E-state index in [4.69, 9.17) is 27.9 Å². The quantitative estimate of drug-likeness (QED) is 0.501. The lowest BCUT2D eigenvalue weighted by atomic mass is 9.87. The van der Waals surface area contributed by atoms with Gasteiger partial charge in [-0.05, 0) is 60.9 Å². The molecule has 2 aliphatic heterocycles. The van der Waals surface area contributed by atoms with Crippen molar-refractivity contribution >= 4 is 39.3 Å². The third kappa shape index (κ3) is 7.11. The van der Waals surface area contributed by atoms with Crippen molar-refractivity contribution in [3.8, 4) is 5.75 Å². The zero-order valence-electron chi connectivity index (χ0n) is 21.5. The third-order valence-electron chi connectivity index (χ3n) is 7.19. The molecule has 10 heteroatoms. The van der Waals surface area contributed by atoms with Crippen LogP contribution in [0.5, 0.6) is 5.75 Å². The van der Waals surface area contributed by atoms with E-state index < -0.39 is 16.1 Å². The van der Waals surface area contributed by atoms with E-state index in [2.05, 4.69) is 30.4 Å². The van der Waals surface area contributed by atoms with E-state index in [0.29, 0.717) is 29.2 Å². The molecule has 0 spiro atoms. The van der Waals surface area contributed by atoms with Crippen LogP contribution < -0.4 is 9.46 Å². The lowest BCUT2D eigenvalue weighted by Crippen LogP contribution is -2.52. The second-order valence-corrected chi connectivity index (χ2v) is 13.3. The Labute approximate surface area is 230 Å². The van der Waals surface area contributed by atoms with E-state index >= 15 is 0 Å². The van der Waals surface area contributed by atoms with Crippen LogP contribution in [0.2, 0.25) is 10.0 Å². The topological polar surface area (TPSA) is 79.0 Å². The van der Waals surface area contributed by atoms with E-state index in [1.54, 1.807) is 41.3 Å². The van der Waals surface area contributed by atoms with Crippen molar-refractivity contribution in [3.63, 3.8) is 0 Å². The molecule has 0 atom stereocenters. The van der Waals surface area contributed by atoms with Crippen molar-refractivity contribution in [1.82, 2.24) is 14.5 Å². The number of hydrogen-bond acceptors (Lipinski definition) is 5. The monoisotopic (exact) mass is 567 g/mol. The van der Waals surface area contributed by atoms with Crippen molar-refractivity contribution in [1.29, 1.82) is 0 Å². The van der Waals surface area contributed by atoms with Gasteiger partial charge in [-0.2, -0.15) is 0 Å². The summed E-state index contributed by atoms with van der Waals surface area (Å²) < 4.78 is 33.9. The lowest BCUT2D eigenvalue weighted by Gasteiger charge is -2.41. The van der Waals surface area contributed by atoms with Gasteiger partial charge >= 0.3 is 6.03 Å². The van der Waals surface area contributed by atoms with Gasteiger partial charge in [0.25, 0.3) is 10.0 Å². The molecule has 2 fully saturated rings. The van der Waals surface area contributed by atoms with Crippen LogP contribution in [0, 0.1) is 0 Å². The Morgan fingerprint density at radius 1 is 0.919 bits per heavy atom. The Hall–Kier alpha value is -2.00. The number of nitrogens with one attached hydrogen (secondary N) is 1. The van der Waals surface area contributed by atoms with E-state index in [0.717, 1.165) is 50.1 Å². The summed E-state index contributed by atoms with van der Waals surface area (Å²) in [4.78, 5) is 16.9. The summed E-state index contributed by atoms with van der Waals surface area (Å²) in [5, 5.41) is 0.995. The highest BCUT2D eigenvalue weighted by atomic mass is 35.5. The van der Waals surface area contributed by atoms with E-state index in [1.165, 1.54) is 0 Å². The number of halogens is 2. The number of hydrogen-bond donors (Lipinski definition) is 1. The Bertz CT molecular complexity index is 1200. The first-order valence-corrected chi connectivity index (χ1v) is 14.9. The molecule has 2 heterocycles. The minimum atomic E-state index is -3.92. The molecule has 7 nitrogen and oxygen atoms in total. The first-order chi connectivity index (χ1) is 17.4. The van der Waals surface area contributed by atoms with Crippen molar-refractivity contribution in [2.24, 2.45) is 0 Å². The second-order valence-electron chi connectivity index (χ2n) is 10.8. The molecule has 37 heavy (non-hydrogen) atoms. The Morgan fingerprint density at radius 3 is 2.11 bits per heavy atom. The number of amides is 2. The third-order valence-corrected chi connectivity index (χ3v) is 9.27. The van der Waals surface area contributed by atoms with Gasteiger partial charge in [0.15, 0.2) is 0 Å². The molecular formula is C27H35Cl2N3O4S. The zero-order chi connectivity index (χ0) is 26.8. The fraction of sp³-hybridized carbons (Fsp3) is 0.519. The first kappa shape index (κ1) is 28.0. The standard InChI is InChI=1S/C27H35Cl2N3O4S/c1-27(2,3)19-4-7-23(8-5-19)37(34,35)30-26(33)32-14-10-20(11-15-32)31-16-12-21(13-17-31)36-22-6-9-24(28)25(29)18-22/h4-9,18,20-21H,10-17H2,1-3H3,(H,30,33). The predicted molar refractivity (Wildman–Crippen MR) is 147 cm³/mol. The highest BCUT2D eigenvalue weighted by Crippen LogP contribution is 2.29. The number of ether oxygens (including phenoxy) is 1. The number of piperidine rings is 2. The summed E-state index contributed by atoms with van der Waals surface area (Å²) >= 11 is 12.1. The maximum atomic E-state index is 12.8. The molecule has 0 bridgehead atoms. The molecule has 4 rings (SSSR count). The van der Waals surface area contributed by atoms with Crippen LogP contribution in [0.4, 0.5) is 4.79 Å². The van der Waals surface area contributed by atoms with Crippen molar-refractivity contribution in [2.45, 2.75) is 68.9 Å². The first-order valence-electron chi connectivity index (χ1n) is 12.7. The van der Waals surface area contributed by atoms with Crippen LogP contribution >= 0.6 is 23.2 Å². The van der Waals surface area contributed by atoms with Crippen LogP contribution in [-0.4, -0.2) is 62.6 Å². The second kappa shape index (κ2) is 11.4. The minimum Gasteiger partial charge on any atom is -0.490 e. The van der Waals surface area contributed by atoms with Gasteiger partial charge in [0, 0.05) is 38.3 Å². The fourth-order valence-corrected chi connectivity index (χ4v) is 6.17. The van der Waals surface area contributed by atoms with Crippen LogP contribution in [0.3, 0.4) is 0 Å². The van der Waals surface area contributed by atoms with Crippen LogP contribution in [0.1, 0.15) is 52.0 Å². The molecule has 0 aromatic heterocycles.